The summed E-state index contributed by atoms with van der Waals surface area (Å²) in [7, 11) is 0. The number of halogens is 1. The Morgan fingerprint density at radius 2 is 1.90 bits per heavy atom. The predicted octanol–water partition coefficient (Wildman–Crippen LogP) is 2.45. The van der Waals surface area contributed by atoms with Crippen molar-refractivity contribution in [1.29, 1.82) is 0 Å². The van der Waals surface area contributed by atoms with Gasteiger partial charge in [-0.1, -0.05) is 20.8 Å². The molecule has 1 amide bonds. The van der Waals surface area contributed by atoms with E-state index in [0.29, 0.717) is 36.8 Å². The third kappa shape index (κ3) is 6.91. The Morgan fingerprint density at radius 1 is 1.30 bits per heavy atom. The number of hydrogen-bond donors (Lipinski definition) is 1. The van der Waals surface area contributed by atoms with Gasteiger partial charge in [0.1, 0.15) is 0 Å². The third-order valence-electron chi connectivity index (χ3n) is 4.13. The van der Waals surface area contributed by atoms with Crippen LogP contribution >= 0.6 is 12.4 Å². The summed E-state index contributed by atoms with van der Waals surface area (Å²) in [6.07, 6.45) is 3.85. The van der Waals surface area contributed by atoms with E-state index in [-0.39, 0.29) is 12.4 Å². The van der Waals surface area contributed by atoms with Gasteiger partial charge in [-0.2, -0.15) is 0 Å². The van der Waals surface area contributed by atoms with Gasteiger partial charge in [0.25, 0.3) is 0 Å². The van der Waals surface area contributed by atoms with Crippen LogP contribution in [0.5, 0.6) is 0 Å². The van der Waals surface area contributed by atoms with Gasteiger partial charge in [-0.25, -0.2) is 0 Å². The minimum Gasteiger partial charge on any atom is -0.378 e. The normalized spacial score (nSPS) is 17.9. The van der Waals surface area contributed by atoms with Crippen molar-refractivity contribution in [3.05, 3.63) is 0 Å². The Balaban J connectivity index is 0.00000361. The molecule has 5 heteroatoms. The van der Waals surface area contributed by atoms with E-state index in [1.54, 1.807) is 0 Å². The zero-order valence-electron chi connectivity index (χ0n) is 13.1. The second kappa shape index (κ2) is 10.4. The molecule has 0 aliphatic carbocycles. The van der Waals surface area contributed by atoms with Crippen LogP contribution in [0.4, 0.5) is 0 Å². The van der Waals surface area contributed by atoms with Crippen LogP contribution in [-0.2, 0) is 9.53 Å². The van der Waals surface area contributed by atoms with E-state index >= 15 is 0 Å². The quantitative estimate of drug-likeness (QED) is 0.735. The third-order valence-corrected chi connectivity index (χ3v) is 4.13. The molecule has 1 rings (SSSR count). The smallest absolute Gasteiger partial charge is 0.222 e. The van der Waals surface area contributed by atoms with Gasteiger partial charge in [0.2, 0.25) is 5.91 Å². The number of nitrogens with zero attached hydrogens (tertiary/aromatic N) is 1. The van der Waals surface area contributed by atoms with Gasteiger partial charge in [0, 0.05) is 26.1 Å². The summed E-state index contributed by atoms with van der Waals surface area (Å²) in [6.45, 7) is 9.63. The number of ether oxygens (including phenoxy) is 1. The number of nitrogens with two attached hydrogens (primary N) is 1. The molecule has 0 aromatic rings. The standard InChI is InChI=1S/C15H30N2O2.ClH/c1-12(2)13(3)11-15(18)17-8-5-14(6-9-17)19-10-4-7-16;/h12-14H,4-11,16H2,1-3H3;1H. The zero-order chi connectivity index (χ0) is 14.3. The average Bonchev–Trinajstić information content (AvgIpc) is 2.39. The van der Waals surface area contributed by atoms with E-state index in [1.165, 1.54) is 0 Å². The first kappa shape index (κ1) is 19.7. The van der Waals surface area contributed by atoms with Crippen LogP contribution in [0.15, 0.2) is 0 Å². The molecule has 0 spiro atoms. The summed E-state index contributed by atoms with van der Waals surface area (Å²) < 4.78 is 5.75. The van der Waals surface area contributed by atoms with Crippen LogP contribution in [0, 0.1) is 11.8 Å². The molecule has 0 bridgehead atoms. The maximum Gasteiger partial charge on any atom is 0.222 e. The molecule has 2 N–H and O–H groups in total. The van der Waals surface area contributed by atoms with Crippen molar-refractivity contribution in [2.75, 3.05) is 26.2 Å². The number of amides is 1. The highest BCUT2D eigenvalue weighted by Gasteiger charge is 2.24. The molecule has 1 saturated heterocycles. The SMILES string of the molecule is CC(C)C(C)CC(=O)N1CCC(OCCCN)CC1.Cl. The van der Waals surface area contributed by atoms with Crippen LogP contribution in [-0.4, -0.2) is 43.2 Å². The molecule has 0 radical (unpaired) electrons. The number of hydrogen-bond acceptors (Lipinski definition) is 3. The van der Waals surface area contributed by atoms with Crippen molar-refractivity contribution >= 4 is 18.3 Å². The second-order valence-electron chi connectivity index (χ2n) is 6.02. The Labute approximate surface area is 129 Å². The van der Waals surface area contributed by atoms with Gasteiger partial charge < -0.3 is 15.4 Å². The Hall–Kier alpha value is -0.320. The number of rotatable bonds is 7. The van der Waals surface area contributed by atoms with Gasteiger partial charge >= 0.3 is 0 Å². The Kier molecular flexibility index (Phi) is 10.2. The highest BCUT2D eigenvalue weighted by Crippen LogP contribution is 2.19. The zero-order valence-corrected chi connectivity index (χ0v) is 14.0. The number of carbonyl (C=O) groups excluding carboxylic acids is 1. The first-order valence-electron chi connectivity index (χ1n) is 7.64. The van der Waals surface area contributed by atoms with Gasteiger partial charge in [-0.3, -0.25) is 4.79 Å². The monoisotopic (exact) mass is 306 g/mol. The van der Waals surface area contributed by atoms with Crippen molar-refractivity contribution in [1.82, 2.24) is 4.90 Å². The van der Waals surface area contributed by atoms with Crippen LogP contribution in [0.2, 0.25) is 0 Å². The lowest BCUT2D eigenvalue weighted by Gasteiger charge is -2.33. The molecule has 1 aliphatic heterocycles. The minimum absolute atomic E-state index is 0. The van der Waals surface area contributed by atoms with Gasteiger partial charge in [-0.15, -0.1) is 12.4 Å². The topological polar surface area (TPSA) is 55.6 Å². The molecule has 0 aromatic carbocycles. The molecule has 1 aliphatic rings. The van der Waals surface area contributed by atoms with Crippen LogP contribution in [0.1, 0.15) is 46.5 Å². The summed E-state index contributed by atoms with van der Waals surface area (Å²) in [6, 6.07) is 0. The maximum atomic E-state index is 12.1. The second-order valence-corrected chi connectivity index (χ2v) is 6.02. The highest BCUT2D eigenvalue weighted by molar-refractivity contribution is 5.85. The van der Waals surface area contributed by atoms with E-state index < -0.39 is 0 Å². The maximum absolute atomic E-state index is 12.1. The van der Waals surface area contributed by atoms with E-state index in [1.807, 2.05) is 4.90 Å². The van der Waals surface area contributed by atoms with Crippen LogP contribution in [0.3, 0.4) is 0 Å². The summed E-state index contributed by atoms with van der Waals surface area (Å²) >= 11 is 0. The minimum atomic E-state index is 0. The van der Waals surface area contributed by atoms with E-state index in [0.717, 1.165) is 39.0 Å². The van der Waals surface area contributed by atoms with Crippen molar-refractivity contribution in [2.24, 2.45) is 17.6 Å². The molecule has 1 unspecified atom stereocenters. The summed E-state index contributed by atoms with van der Waals surface area (Å²) in [5.41, 5.74) is 5.44. The Bertz CT molecular complexity index is 267. The fraction of sp³-hybridized carbons (Fsp3) is 0.933. The summed E-state index contributed by atoms with van der Waals surface area (Å²) in [5.74, 6) is 1.34. The van der Waals surface area contributed by atoms with Crippen molar-refractivity contribution in [3.63, 3.8) is 0 Å². The highest BCUT2D eigenvalue weighted by atomic mass is 35.5. The van der Waals surface area contributed by atoms with Crippen molar-refractivity contribution in [3.8, 4) is 0 Å². The Morgan fingerprint density at radius 3 is 2.40 bits per heavy atom. The van der Waals surface area contributed by atoms with Crippen molar-refractivity contribution < 1.29 is 9.53 Å². The van der Waals surface area contributed by atoms with Gasteiger partial charge in [-0.05, 0) is 37.6 Å². The molecule has 20 heavy (non-hydrogen) atoms. The van der Waals surface area contributed by atoms with Crippen molar-refractivity contribution in [2.45, 2.75) is 52.6 Å². The molecule has 120 valence electrons. The van der Waals surface area contributed by atoms with Gasteiger partial charge in [0.15, 0.2) is 0 Å². The fourth-order valence-electron chi connectivity index (χ4n) is 2.25. The van der Waals surface area contributed by atoms with Crippen LogP contribution < -0.4 is 5.73 Å². The first-order chi connectivity index (χ1) is 9.04. The van der Waals surface area contributed by atoms with E-state index in [4.69, 9.17) is 10.5 Å². The number of carbonyl (C=O) groups is 1. The summed E-state index contributed by atoms with van der Waals surface area (Å²) in [5, 5.41) is 0. The molecule has 0 saturated carbocycles. The number of likely N-dealkylation sites (tertiary alicyclic amines) is 1. The van der Waals surface area contributed by atoms with E-state index in [2.05, 4.69) is 20.8 Å². The molecule has 1 atom stereocenters. The van der Waals surface area contributed by atoms with E-state index in [9.17, 15) is 4.79 Å². The largest absolute Gasteiger partial charge is 0.378 e. The molecule has 1 heterocycles. The predicted molar refractivity (Wildman–Crippen MR) is 85.1 cm³/mol. The first-order valence-corrected chi connectivity index (χ1v) is 7.64. The lowest BCUT2D eigenvalue weighted by Crippen LogP contribution is -2.41. The number of piperidine rings is 1. The molecule has 4 nitrogen and oxygen atoms in total. The summed E-state index contributed by atoms with van der Waals surface area (Å²) in [4.78, 5) is 14.2. The molecule has 0 aromatic heterocycles. The molecule has 1 fully saturated rings. The average molecular weight is 307 g/mol. The molecular weight excluding hydrogens is 276 g/mol. The fourth-order valence-corrected chi connectivity index (χ4v) is 2.25. The van der Waals surface area contributed by atoms with Crippen LogP contribution in [0.25, 0.3) is 0 Å². The van der Waals surface area contributed by atoms with Gasteiger partial charge in [0.05, 0.1) is 6.10 Å². The lowest BCUT2D eigenvalue weighted by atomic mass is 9.93. The lowest BCUT2D eigenvalue weighted by molar-refractivity contribution is -0.135. The molecular formula is C15H31ClN2O2.